The molecule has 4 nitrogen and oxygen atoms in total. The Hall–Kier alpha value is -0.870. The molecule has 1 atom stereocenters. The largest absolute Gasteiger partial charge is 0.329 e. The van der Waals surface area contributed by atoms with Crippen LogP contribution in [-0.4, -0.2) is 22.8 Å². The first-order valence-corrected chi connectivity index (χ1v) is 6.20. The van der Waals surface area contributed by atoms with Gasteiger partial charge in [0, 0.05) is 24.8 Å². The van der Waals surface area contributed by atoms with Crippen LogP contribution in [0.15, 0.2) is 0 Å². The molecule has 90 valence electrons. The van der Waals surface area contributed by atoms with Crippen molar-refractivity contribution in [3.05, 3.63) is 17.0 Å². The van der Waals surface area contributed by atoms with Crippen molar-refractivity contribution < 1.29 is 0 Å². The number of aryl methyl sites for hydroxylation is 1. The molecule has 0 fully saturated rings. The first-order chi connectivity index (χ1) is 7.72. The van der Waals surface area contributed by atoms with Gasteiger partial charge >= 0.3 is 0 Å². The molecule has 0 saturated heterocycles. The molecule has 1 aromatic rings. The third kappa shape index (κ3) is 2.28. The van der Waals surface area contributed by atoms with Crippen LogP contribution in [0, 0.1) is 5.92 Å². The van der Waals surface area contributed by atoms with E-state index in [9.17, 15) is 0 Å². The molecule has 2 rings (SSSR count). The lowest BCUT2D eigenvalue weighted by Gasteiger charge is -2.20. The second kappa shape index (κ2) is 4.97. The van der Waals surface area contributed by atoms with E-state index < -0.39 is 0 Å². The first-order valence-electron chi connectivity index (χ1n) is 6.20. The number of nitrogens with two attached hydrogens (primary N) is 1. The van der Waals surface area contributed by atoms with Crippen molar-refractivity contribution in [2.45, 2.75) is 45.7 Å². The lowest BCUT2D eigenvalue weighted by molar-refractivity contribution is 0.402. The van der Waals surface area contributed by atoms with Gasteiger partial charge in [-0.2, -0.15) is 5.10 Å². The summed E-state index contributed by atoms with van der Waals surface area (Å²) >= 11 is 0. The van der Waals surface area contributed by atoms with E-state index in [0.717, 1.165) is 13.0 Å². The average Bonchev–Trinajstić information content (AvgIpc) is 2.81. The fourth-order valence-corrected chi connectivity index (χ4v) is 2.35. The molecule has 0 amide bonds. The van der Waals surface area contributed by atoms with Gasteiger partial charge in [-0.1, -0.05) is 13.8 Å². The highest BCUT2D eigenvalue weighted by atomic mass is 15.1. The Morgan fingerprint density at radius 2 is 2.25 bits per heavy atom. The third-order valence-electron chi connectivity index (χ3n) is 3.48. The number of nitrogens with one attached hydrogen (secondary N) is 2. The van der Waals surface area contributed by atoms with Crippen molar-refractivity contribution in [3.63, 3.8) is 0 Å². The Morgan fingerprint density at radius 1 is 1.44 bits per heavy atom. The third-order valence-corrected chi connectivity index (χ3v) is 3.48. The van der Waals surface area contributed by atoms with Crippen LogP contribution in [0.4, 0.5) is 0 Å². The predicted molar refractivity (Wildman–Crippen MR) is 65.1 cm³/mol. The topological polar surface area (TPSA) is 66.7 Å². The van der Waals surface area contributed by atoms with Gasteiger partial charge in [-0.15, -0.1) is 0 Å². The Balaban J connectivity index is 1.94. The molecule has 4 heteroatoms. The van der Waals surface area contributed by atoms with Crippen LogP contribution in [-0.2, 0) is 19.4 Å². The summed E-state index contributed by atoms with van der Waals surface area (Å²) in [6, 6.07) is 0.383. The van der Waals surface area contributed by atoms with Crippen molar-refractivity contribution >= 4 is 0 Å². The lowest BCUT2D eigenvalue weighted by Crippen LogP contribution is -2.39. The number of aromatic amines is 1. The molecule has 1 heterocycles. The van der Waals surface area contributed by atoms with Crippen LogP contribution in [0.25, 0.3) is 0 Å². The molecular weight excluding hydrogens is 200 g/mol. The van der Waals surface area contributed by atoms with E-state index >= 15 is 0 Å². The van der Waals surface area contributed by atoms with Crippen LogP contribution in [0.2, 0.25) is 0 Å². The van der Waals surface area contributed by atoms with E-state index in [-0.39, 0.29) is 0 Å². The fourth-order valence-electron chi connectivity index (χ4n) is 2.35. The first kappa shape index (κ1) is 11.6. The molecule has 0 spiro atoms. The number of hydrogen-bond donors (Lipinski definition) is 3. The average molecular weight is 222 g/mol. The van der Waals surface area contributed by atoms with E-state index in [0.29, 0.717) is 18.5 Å². The van der Waals surface area contributed by atoms with E-state index in [1.54, 1.807) is 0 Å². The van der Waals surface area contributed by atoms with Crippen molar-refractivity contribution in [1.29, 1.82) is 0 Å². The summed E-state index contributed by atoms with van der Waals surface area (Å²) in [4.78, 5) is 0. The second-order valence-corrected chi connectivity index (χ2v) is 4.95. The highest BCUT2D eigenvalue weighted by molar-refractivity contribution is 5.29. The van der Waals surface area contributed by atoms with Crippen LogP contribution in [0.5, 0.6) is 0 Å². The summed E-state index contributed by atoms with van der Waals surface area (Å²) in [5.41, 5.74) is 9.70. The summed E-state index contributed by atoms with van der Waals surface area (Å²) < 4.78 is 0. The van der Waals surface area contributed by atoms with Crippen LogP contribution in [0.1, 0.15) is 37.2 Å². The zero-order chi connectivity index (χ0) is 11.5. The molecule has 1 aliphatic rings. The predicted octanol–water partition coefficient (Wildman–Crippen LogP) is 0.971. The van der Waals surface area contributed by atoms with Gasteiger partial charge < -0.3 is 11.1 Å². The number of H-pyrrole nitrogens is 1. The maximum Gasteiger partial charge on any atom is 0.0794 e. The number of nitrogens with zero attached hydrogens (tertiary/aromatic N) is 1. The van der Waals surface area contributed by atoms with E-state index in [2.05, 4.69) is 29.4 Å². The van der Waals surface area contributed by atoms with Crippen LogP contribution >= 0.6 is 0 Å². The summed E-state index contributed by atoms with van der Waals surface area (Å²) in [7, 11) is 0. The second-order valence-electron chi connectivity index (χ2n) is 4.95. The smallest absolute Gasteiger partial charge is 0.0794 e. The Labute approximate surface area is 97.0 Å². The Kier molecular flexibility index (Phi) is 3.61. The fraction of sp³-hybridized carbons (Fsp3) is 0.750. The number of hydrogen-bond acceptors (Lipinski definition) is 3. The molecule has 0 aliphatic heterocycles. The van der Waals surface area contributed by atoms with Gasteiger partial charge in [0.2, 0.25) is 0 Å². The van der Waals surface area contributed by atoms with E-state index in [1.807, 2.05) is 0 Å². The van der Waals surface area contributed by atoms with Crippen LogP contribution < -0.4 is 11.1 Å². The summed E-state index contributed by atoms with van der Waals surface area (Å²) in [6.45, 7) is 5.91. The molecular formula is C12H22N4. The maximum absolute atomic E-state index is 5.74. The highest BCUT2D eigenvalue weighted by Gasteiger charge is 2.19. The quantitative estimate of drug-likeness (QED) is 0.695. The summed E-state index contributed by atoms with van der Waals surface area (Å²) in [5, 5.41) is 11.0. The summed E-state index contributed by atoms with van der Waals surface area (Å²) in [5.74, 6) is 0.567. The minimum absolute atomic E-state index is 0.383. The molecule has 4 N–H and O–H groups in total. The zero-order valence-corrected chi connectivity index (χ0v) is 10.2. The van der Waals surface area contributed by atoms with Crippen molar-refractivity contribution in [2.75, 3.05) is 6.54 Å². The van der Waals surface area contributed by atoms with Crippen molar-refractivity contribution in [2.24, 2.45) is 11.7 Å². The number of fused-ring (bicyclic) bond motifs is 1. The number of aromatic nitrogens is 2. The minimum Gasteiger partial charge on any atom is -0.329 e. The standard InChI is InChI=1S/C12H22N4/c1-8(2)11(6-13)14-7-12-9-4-3-5-10(9)15-16-12/h8,11,14H,3-7,13H2,1-2H3,(H,15,16). The number of rotatable bonds is 5. The van der Waals surface area contributed by atoms with Crippen molar-refractivity contribution in [1.82, 2.24) is 15.5 Å². The minimum atomic E-state index is 0.383. The maximum atomic E-state index is 5.74. The summed E-state index contributed by atoms with van der Waals surface area (Å²) in [6.07, 6.45) is 3.60. The SMILES string of the molecule is CC(C)C(CN)NCc1n[nH]c2c1CCC2. The normalized spacial score (nSPS) is 16.8. The lowest BCUT2D eigenvalue weighted by atomic mass is 10.0. The van der Waals surface area contributed by atoms with Gasteiger partial charge in [-0.05, 0) is 30.7 Å². The van der Waals surface area contributed by atoms with E-state index in [1.165, 1.54) is 29.8 Å². The van der Waals surface area contributed by atoms with Gasteiger partial charge in [0.05, 0.1) is 5.69 Å². The van der Waals surface area contributed by atoms with Gasteiger partial charge in [0.15, 0.2) is 0 Å². The highest BCUT2D eigenvalue weighted by Crippen LogP contribution is 2.22. The molecule has 0 bridgehead atoms. The molecule has 1 aliphatic carbocycles. The van der Waals surface area contributed by atoms with Crippen LogP contribution in [0.3, 0.4) is 0 Å². The van der Waals surface area contributed by atoms with E-state index in [4.69, 9.17) is 5.73 Å². The van der Waals surface area contributed by atoms with Gasteiger partial charge in [-0.3, -0.25) is 5.10 Å². The Bertz CT molecular complexity index is 343. The van der Waals surface area contributed by atoms with Gasteiger partial charge in [-0.25, -0.2) is 0 Å². The molecule has 0 radical (unpaired) electrons. The van der Waals surface area contributed by atoms with Gasteiger partial charge in [0.1, 0.15) is 0 Å². The van der Waals surface area contributed by atoms with Gasteiger partial charge in [0.25, 0.3) is 0 Å². The Morgan fingerprint density at radius 3 is 2.94 bits per heavy atom. The molecule has 16 heavy (non-hydrogen) atoms. The molecule has 0 aromatic carbocycles. The van der Waals surface area contributed by atoms with Crippen molar-refractivity contribution in [3.8, 4) is 0 Å². The molecule has 1 aromatic heterocycles. The zero-order valence-electron chi connectivity index (χ0n) is 10.2. The molecule has 1 unspecified atom stereocenters. The monoisotopic (exact) mass is 222 g/mol. The molecule has 0 saturated carbocycles.